The molecule has 0 radical (unpaired) electrons. The second-order valence-corrected chi connectivity index (χ2v) is 4.52. The van der Waals surface area contributed by atoms with Crippen molar-refractivity contribution in [2.24, 2.45) is 0 Å². The summed E-state index contributed by atoms with van der Waals surface area (Å²) in [7, 11) is 0. The van der Waals surface area contributed by atoms with Crippen molar-refractivity contribution in [1.82, 2.24) is 0 Å². The van der Waals surface area contributed by atoms with Crippen LogP contribution in [0.3, 0.4) is 0 Å². The molecule has 0 unspecified atom stereocenters. The normalized spacial score (nSPS) is 10.0. The van der Waals surface area contributed by atoms with E-state index in [1.54, 1.807) is 12.1 Å². The maximum Gasteiger partial charge on any atom is 0.198 e. The summed E-state index contributed by atoms with van der Waals surface area (Å²) in [6.45, 7) is 2.03. The fourth-order valence-electron chi connectivity index (χ4n) is 1.36. The van der Waals surface area contributed by atoms with Gasteiger partial charge in [0, 0.05) is 10.6 Å². The molecule has 0 amide bonds. The van der Waals surface area contributed by atoms with Crippen LogP contribution >= 0.6 is 23.8 Å². The fourth-order valence-corrected chi connectivity index (χ4v) is 1.72. The van der Waals surface area contributed by atoms with Crippen LogP contribution in [0.1, 0.15) is 11.1 Å². The van der Waals surface area contributed by atoms with E-state index in [9.17, 15) is 0 Å². The number of hydrogen-bond acceptors (Lipinski definition) is 2. The third-order valence-corrected chi connectivity index (χ3v) is 2.88. The minimum Gasteiger partial charge on any atom is -0.445 e. The summed E-state index contributed by atoms with van der Waals surface area (Å²) in [5.74, 6) is 0.746. The van der Waals surface area contributed by atoms with Crippen LogP contribution in [-0.2, 0) is 0 Å². The molecule has 17 heavy (non-hydrogen) atoms. The van der Waals surface area contributed by atoms with Crippen LogP contribution in [0, 0.1) is 6.92 Å². The van der Waals surface area contributed by atoms with Crippen LogP contribution in [0.4, 0.5) is 0 Å². The van der Waals surface area contributed by atoms with E-state index in [1.807, 2.05) is 43.3 Å². The van der Waals surface area contributed by atoms with Crippen molar-refractivity contribution in [2.45, 2.75) is 6.92 Å². The summed E-state index contributed by atoms with van der Waals surface area (Å²) in [6.07, 6.45) is 0. The van der Waals surface area contributed by atoms with Gasteiger partial charge in [-0.05, 0) is 55.5 Å². The molecule has 0 aliphatic carbocycles. The molecule has 0 saturated carbocycles. The lowest BCUT2D eigenvalue weighted by Crippen LogP contribution is -2.06. The number of thiocarbonyl (C=S) groups is 1. The molecule has 0 heterocycles. The van der Waals surface area contributed by atoms with E-state index in [-0.39, 0.29) is 0 Å². The van der Waals surface area contributed by atoms with Gasteiger partial charge in [0.1, 0.15) is 5.75 Å². The standard InChI is InChI=1S/C14H11ClOS/c1-10-2-8-13(9-3-10)16-14(17)11-4-6-12(15)7-5-11/h2-9H,1H3. The van der Waals surface area contributed by atoms with Gasteiger partial charge in [0.25, 0.3) is 0 Å². The van der Waals surface area contributed by atoms with Crippen LogP contribution in [-0.4, -0.2) is 5.05 Å². The van der Waals surface area contributed by atoms with Crippen molar-refractivity contribution < 1.29 is 4.74 Å². The summed E-state index contributed by atoms with van der Waals surface area (Å²) in [6, 6.07) is 15.1. The minimum atomic E-state index is 0.450. The number of halogens is 1. The quantitative estimate of drug-likeness (QED) is 0.742. The Morgan fingerprint density at radius 3 is 2.18 bits per heavy atom. The van der Waals surface area contributed by atoms with Gasteiger partial charge in [-0.2, -0.15) is 0 Å². The van der Waals surface area contributed by atoms with Gasteiger partial charge >= 0.3 is 0 Å². The molecule has 2 rings (SSSR count). The van der Waals surface area contributed by atoms with Gasteiger partial charge in [-0.15, -0.1) is 0 Å². The number of benzene rings is 2. The summed E-state index contributed by atoms with van der Waals surface area (Å²) in [5.41, 5.74) is 2.04. The number of hydrogen-bond donors (Lipinski definition) is 0. The third-order valence-electron chi connectivity index (χ3n) is 2.31. The Bertz CT molecular complexity index is 517. The highest BCUT2D eigenvalue weighted by atomic mass is 35.5. The van der Waals surface area contributed by atoms with Crippen molar-refractivity contribution in [3.63, 3.8) is 0 Å². The molecule has 86 valence electrons. The molecule has 0 saturated heterocycles. The Balaban J connectivity index is 2.11. The third kappa shape index (κ3) is 3.29. The van der Waals surface area contributed by atoms with E-state index in [0.29, 0.717) is 10.1 Å². The second-order valence-electron chi connectivity index (χ2n) is 3.71. The summed E-state index contributed by atoms with van der Waals surface area (Å²) >= 11 is 11.0. The highest BCUT2D eigenvalue weighted by Gasteiger charge is 2.03. The van der Waals surface area contributed by atoms with Crippen molar-refractivity contribution in [3.8, 4) is 5.75 Å². The van der Waals surface area contributed by atoms with Gasteiger partial charge in [0.2, 0.25) is 0 Å². The first-order chi connectivity index (χ1) is 8.15. The maximum atomic E-state index is 5.81. The predicted molar refractivity (Wildman–Crippen MR) is 75.0 cm³/mol. The van der Waals surface area contributed by atoms with Gasteiger partial charge in [0.15, 0.2) is 5.05 Å². The van der Waals surface area contributed by atoms with Crippen molar-refractivity contribution in [1.29, 1.82) is 0 Å². The largest absolute Gasteiger partial charge is 0.445 e. The molecule has 0 aliphatic heterocycles. The highest BCUT2D eigenvalue weighted by Crippen LogP contribution is 2.16. The van der Waals surface area contributed by atoms with Crippen molar-refractivity contribution in [2.75, 3.05) is 0 Å². The number of ether oxygens (including phenoxy) is 1. The van der Waals surface area contributed by atoms with Crippen LogP contribution in [0.5, 0.6) is 5.75 Å². The lowest BCUT2D eigenvalue weighted by atomic mass is 10.2. The fraction of sp³-hybridized carbons (Fsp3) is 0.0714. The van der Waals surface area contributed by atoms with E-state index < -0.39 is 0 Å². The van der Waals surface area contributed by atoms with Crippen LogP contribution < -0.4 is 4.74 Å². The average Bonchev–Trinajstić information content (AvgIpc) is 2.33. The molecule has 1 nitrogen and oxygen atoms in total. The summed E-state index contributed by atoms with van der Waals surface area (Å²) in [4.78, 5) is 0. The number of rotatable bonds is 2. The first-order valence-electron chi connectivity index (χ1n) is 5.19. The second kappa shape index (κ2) is 5.30. The minimum absolute atomic E-state index is 0.450. The monoisotopic (exact) mass is 262 g/mol. The van der Waals surface area contributed by atoms with Gasteiger partial charge in [-0.3, -0.25) is 0 Å². The van der Waals surface area contributed by atoms with Crippen LogP contribution in [0.15, 0.2) is 48.5 Å². The van der Waals surface area contributed by atoms with E-state index >= 15 is 0 Å². The first-order valence-corrected chi connectivity index (χ1v) is 5.98. The molecule has 0 bridgehead atoms. The SMILES string of the molecule is Cc1ccc(OC(=S)c2ccc(Cl)cc2)cc1. The lowest BCUT2D eigenvalue weighted by molar-refractivity contribution is 0.566. The lowest BCUT2D eigenvalue weighted by Gasteiger charge is -2.07. The average molecular weight is 263 g/mol. The van der Waals surface area contributed by atoms with Gasteiger partial charge in [0.05, 0.1) is 0 Å². The first kappa shape index (κ1) is 12.1. The maximum absolute atomic E-state index is 5.81. The highest BCUT2D eigenvalue weighted by molar-refractivity contribution is 7.80. The zero-order valence-electron chi connectivity index (χ0n) is 9.31. The molecule has 0 atom stereocenters. The summed E-state index contributed by atoms with van der Waals surface area (Å²) in [5, 5.41) is 1.14. The van der Waals surface area contributed by atoms with Crippen LogP contribution in [0.25, 0.3) is 0 Å². The Morgan fingerprint density at radius 1 is 1.00 bits per heavy atom. The van der Waals surface area contributed by atoms with Gasteiger partial charge < -0.3 is 4.74 Å². The van der Waals surface area contributed by atoms with Gasteiger partial charge in [-0.1, -0.05) is 29.3 Å². The molecule has 0 aliphatic rings. The molecule has 2 aromatic carbocycles. The Morgan fingerprint density at radius 2 is 1.59 bits per heavy atom. The van der Waals surface area contributed by atoms with E-state index in [2.05, 4.69) is 0 Å². The molecule has 0 spiro atoms. The number of aryl methyl sites for hydroxylation is 1. The predicted octanol–water partition coefficient (Wildman–Crippen LogP) is 4.40. The Labute approximate surface area is 111 Å². The van der Waals surface area contributed by atoms with Gasteiger partial charge in [-0.25, -0.2) is 0 Å². The van der Waals surface area contributed by atoms with E-state index in [1.165, 1.54) is 5.56 Å². The van der Waals surface area contributed by atoms with Crippen molar-refractivity contribution >= 4 is 28.9 Å². The Hall–Kier alpha value is -1.38. The summed E-state index contributed by atoms with van der Waals surface area (Å²) < 4.78 is 5.58. The zero-order valence-corrected chi connectivity index (χ0v) is 10.9. The molecule has 3 heteroatoms. The molecule has 0 fully saturated rings. The molecule has 0 aromatic heterocycles. The molecular formula is C14H11ClOS. The van der Waals surface area contributed by atoms with Crippen molar-refractivity contribution in [3.05, 3.63) is 64.7 Å². The topological polar surface area (TPSA) is 9.23 Å². The molecule has 0 N–H and O–H groups in total. The van der Waals surface area contributed by atoms with E-state index in [0.717, 1.165) is 11.3 Å². The zero-order chi connectivity index (χ0) is 12.3. The van der Waals surface area contributed by atoms with E-state index in [4.69, 9.17) is 28.6 Å². The molecule has 2 aromatic rings. The van der Waals surface area contributed by atoms with Crippen LogP contribution in [0.2, 0.25) is 5.02 Å². The Kier molecular flexibility index (Phi) is 3.77. The smallest absolute Gasteiger partial charge is 0.198 e. The molecular weight excluding hydrogens is 252 g/mol.